The predicted molar refractivity (Wildman–Crippen MR) is 127 cm³/mol. The molecule has 0 saturated carbocycles. The maximum absolute atomic E-state index is 13.7. The number of phenols is 1. The van der Waals surface area contributed by atoms with Gasteiger partial charge in [0.05, 0.1) is 25.5 Å². The first-order valence-electron chi connectivity index (χ1n) is 10.4. The smallest absolute Gasteiger partial charge is 0.331 e. The van der Waals surface area contributed by atoms with Gasteiger partial charge in [0.1, 0.15) is 4.21 Å². The number of ether oxygens (including phenoxy) is 1. The lowest BCUT2D eigenvalue weighted by Gasteiger charge is -2.14. The molecule has 1 atom stereocenters. The normalized spacial score (nSPS) is 12.4. The fraction of sp³-hybridized carbons (Fsp3) is 0.174. The van der Waals surface area contributed by atoms with Crippen LogP contribution in [0.1, 0.15) is 17.3 Å². The van der Waals surface area contributed by atoms with Crippen molar-refractivity contribution in [1.82, 2.24) is 19.7 Å². The lowest BCUT2D eigenvalue weighted by molar-refractivity contribution is -0.144. The average molecular weight is 517 g/mol. The lowest BCUT2D eigenvalue weighted by atomic mass is 10.1. The molecule has 0 saturated heterocycles. The molecule has 2 aromatic carbocycles. The highest BCUT2D eigenvalue weighted by Crippen LogP contribution is 2.30. The van der Waals surface area contributed by atoms with Gasteiger partial charge >= 0.3 is 5.97 Å². The van der Waals surface area contributed by atoms with Gasteiger partial charge in [-0.05, 0) is 35.4 Å². The Morgan fingerprint density at radius 3 is 2.69 bits per heavy atom. The number of hydrogen-bond donors (Lipinski definition) is 2. The monoisotopic (exact) mass is 516 g/mol. The Labute approximate surface area is 204 Å². The third kappa shape index (κ3) is 5.73. The minimum absolute atomic E-state index is 0.0237. The molecule has 182 valence electrons. The number of carbonyl (C=O) groups excluding carboxylic acids is 1. The maximum Gasteiger partial charge on any atom is 0.331 e. The van der Waals surface area contributed by atoms with Crippen LogP contribution in [0.25, 0.3) is 10.4 Å². The summed E-state index contributed by atoms with van der Waals surface area (Å²) in [7, 11) is -2.59. The zero-order valence-corrected chi connectivity index (χ0v) is 20.1. The number of aromatic nitrogens is 3. The molecule has 0 bridgehead atoms. The summed E-state index contributed by atoms with van der Waals surface area (Å²) in [5.41, 5.74) is 1.63. The second-order valence-electron chi connectivity index (χ2n) is 7.53. The van der Waals surface area contributed by atoms with Gasteiger partial charge in [-0.2, -0.15) is 0 Å². The van der Waals surface area contributed by atoms with Gasteiger partial charge in [-0.25, -0.2) is 27.0 Å². The van der Waals surface area contributed by atoms with Gasteiger partial charge in [0.2, 0.25) is 10.0 Å². The molecular weight excluding hydrogens is 495 g/mol. The molecule has 0 unspecified atom stereocenters. The molecule has 0 amide bonds. The number of thiophene rings is 1. The molecule has 35 heavy (non-hydrogen) atoms. The van der Waals surface area contributed by atoms with E-state index in [0.717, 1.165) is 27.8 Å². The second kappa shape index (κ2) is 10.3. The molecule has 2 heterocycles. The van der Waals surface area contributed by atoms with Crippen molar-refractivity contribution in [3.63, 3.8) is 0 Å². The number of aromatic hydroxyl groups is 1. The van der Waals surface area contributed by atoms with E-state index in [0.29, 0.717) is 5.56 Å². The van der Waals surface area contributed by atoms with Crippen LogP contribution >= 0.6 is 11.3 Å². The molecule has 4 aromatic rings. The van der Waals surface area contributed by atoms with Crippen molar-refractivity contribution in [2.75, 3.05) is 7.11 Å². The van der Waals surface area contributed by atoms with Crippen LogP contribution in [0.15, 0.2) is 71.1 Å². The van der Waals surface area contributed by atoms with E-state index in [9.17, 15) is 22.7 Å². The molecule has 0 aliphatic carbocycles. The van der Waals surface area contributed by atoms with Crippen LogP contribution in [0.4, 0.5) is 4.39 Å². The number of rotatable bonds is 9. The molecule has 2 N–H and O–H groups in total. The van der Waals surface area contributed by atoms with Crippen molar-refractivity contribution < 1.29 is 27.4 Å². The molecule has 0 radical (unpaired) electrons. The minimum Gasteiger partial charge on any atom is -0.505 e. The fourth-order valence-electron chi connectivity index (χ4n) is 3.33. The number of phenolic OH excluding ortho intramolecular Hbond substituents is 1. The number of halogens is 1. The van der Waals surface area contributed by atoms with E-state index >= 15 is 0 Å². The van der Waals surface area contributed by atoms with Crippen LogP contribution in [-0.2, 0) is 32.5 Å². The van der Waals surface area contributed by atoms with Gasteiger partial charge < -0.3 is 9.84 Å². The number of benzene rings is 2. The Morgan fingerprint density at radius 1 is 1.20 bits per heavy atom. The summed E-state index contributed by atoms with van der Waals surface area (Å²) in [6.07, 6.45) is 1.44. The topological polar surface area (TPSA) is 123 Å². The molecule has 0 fully saturated rings. The van der Waals surface area contributed by atoms with E-state index in [2.05, 4.69) is 15.0 Å². The van der Waals surface area contributed by atoms with E-state index in [4.69, 9.17) is 4.74 Å². The van der Waals surface area contributed by atoms with Gasteiger partial charge in [-0.1, -0.05) is 41.6 Å². The highest BCUT2D eigenvalue weighted by Gasteiger charge is 2.25. The molecule has 4 rings (SSSR count). The average Bonchev–Trinajstić information content (AvgIpc) is 3.54. The van der Waals surface area contributed by atoms with Gasteiger partial charge in [-0.15, -0.1) is 16.4 Å². The fourth-order valence-corrected chi connectivity index (χ4v) is 5.69. The number of sulfonamides is 1. The third-order valence-electron chi connectivity index (χ3n) is 5.14. The largest absolute Gasteiger partial charge is 0.505 e. The molecule has 2 aromatic heterocycles. The summed E-state index contributed by atoms with van der Waals surface area (Å²) in [6.45, 7) is -0.150. The quantitative estimate of drug-likeness (QED) is 0.327. The Hall–Kier alpha value is -3.61. The molecule has 9 nitrogen and oxygen atoms in total. The molecule has 12 heteroatoms. The zero-order valence-electron chi connectivity index (χ0n) is 18.5. The summed E-state index contributed by atoms with van der Waals surface area (Å²) < 4.78 is 47.9. The van der Waals surface area contributed by atoms with E-state index in [1.165, 1.54) is 36.2 Å². The van der Waals surface area contributed by atoms with Crippen molar-refractivity contribution in [2.24, 2.45) is 0 Å². The molecule has 0 spiro atoms. The van der Waals surface area contributed by atoms with Crippen molar-refractivity contribution in [3.05, 3.63) is 83.9 Å². The lowest BCUT2D eigenvalue weighted by Crippen LogP contribution is -2.24. The first-order chi connectivity index (χ1) is 16.8. The van der Waals surface area contributed by atoms with Crippen molar-refractivity contribution in [1.29, 1.82) is 0 Å². The molecule has 0 aliphatic heterocycles. The number of hydrogen-bond acceptors (Lipinski definition) is 8. The van der Waals surface area contributed by atoms with E-state index in [1.807, 2.05) is 30.3 Å². The number of nitrogens with one attached hydrogen (secondary N) is 1. The highest BCUT2D eigenvalue weighted by molar-refractivity contribution is 7.91. The Bertz CT molecular complexity index is 1440. The summed E-state index contributed by atoms with van der Waals surface area (Å²) in [6, 6.07) is 15.5. The first-order valence-corrected chi connectivity index (χ1v) is 12.7. The number of carbonyl (C=O) groups is 1. The van der Waals surface area contributed by atoms with Crippen molar-refractivity contribution >= 4 is 27.3 Å². The number of nitrogens with zero attached hydrogens (tertiary/aromatic N) is 3. The molecular formula is C23H21FN4O5S2. The number of methoxy groups -OCH3 is 1. The van der Waals surface area contributed by atoms with Crippen LogP contribution < -0.4 is 4.72 Å². The predicted octanol–water partition coefficient (Wildman–Crippen LogP) is 3.29. The van der Waals surface area contributed by atoms with Gasteiger partial charge in [0.25, 0.3) is 0 Å². The third-order valence-corrected chi connectivity index (χ3v) is 8.17. The van der Waals surface area contributed by atoms with E-state index in [1.54, 1.807) is 6.07 Å². The SMILES string of the molecule is COC(=O)[C@H](Cc1ccc(O)c(F)c1)n1cc(CNS(=O)(=O)c2ccc(-c3ccccc3)s2)nn1. The van der Waals surface area contributed by atoms with E-state index < -0.39 is 33.6 Å². The number of esters is 1. The Balaban J connectivity index is 1.46. The summed E-state index contributed by atoms with van der Waals surface area (Å²) >= 11 is 1.15. The van der Waals surface area contributed by atoms with Gasteiger partial charge in [0, 0.05) is 11.3 Å². The Kier molecular flexibility index (Phi) is 7.24. The van der Waals surface area contributed by atoms with Gasteiger partial charge in [-0.3, -0.25) is 0 Å². The minimum atomic E-state index is -3.80. The van der Waals surface area contributed by atoms with Crippen molar-refractivity contribution in [3.8, 4) is 16.2 Å². The molecule has 0 aliphatic rings. The van der Waals surface area contributed by atoms with E-state index in [-0.39, 0.29) is 22.9 Å². The zero-order chi connectivity index (χ0) is 25.0. The van der Waals surface area contributed by atoms with Crippen LogP contribution in [0.3, 0.4) is 0 Å². The first kappa shape index (κ1) is 24.5. The van der Waals surface area contributed by atoms with Gasteiger partial charge in [0.15, 0.2) is 17.6 Å². The standard InChI is InChI=1S/C23H21FN4O5S2/c1-33-23(30)19(12-15-7-8-20(29)18(24)11-15)28-14-17(26-27-28)13-25-35(31,32)22-10-9-21(34-22)16-5-3-2-4-6-16/h2-11,14,19,25,29H,12-13H2,1H3/t19-/m0/s1. The summed E-state index contributed by atoms with van der Waals surface area (Å²) in [5.74, 6) is -1.95. The Morgan fingerprint density at radius 2 is 1.97 bits per heavy atom. The van der Waals surface area contributed by atoms with Crippen LogP contribution in [-0.4, -0.2) is 41.6 Å². The van der Waals surface area contributed by atoms with Crippen molar-refractivity contribution in [2.45, 2.75) is 23.2 Å². The summed E-state index contributed by atoms with van der Waals surface area (Å²) in [5, 5.41) is 17.2. The van der Waals surface area contributed by atoms with Crippen LogP contribution in [0.2, 0.25) is 0 Å². The summed E-state index contributed by atoms with van der Waals surface area (Å²) in [4.78, 5) is 13.2. The van der Waals surface area contributed by atoms with Crippen LogP contribution in [0, 0.1) is 5.82 Å². The maximum atomic E-state index is 13.7. The van der Waals surface area contributed by atoms with Crippen LogP contribution in [0.5, 0.6) is 5.75 Å². The second-order valence-corrected chi connectivity index (χ2v) is 10.6. The highest BCUT2D eigenvalue weighted by atomic mass is 32.2.